The van der Waals surface area contributed by atoms with Gasteiger partial charge in [-0.15, -0.1) is 0 Å². The molecule has 2 aromatic carbocycles. The Morgan fingerprint density at radius 3 is 0.857 bits per heavy atom. The van der Waals surface area contributed by atoms with Gasteiger partial charge in [0, 0.05) is 49.7 Å². The van der Waals surface area contributed by atoms with E-state index in [1.807, 2.05) is 0 Å². The average Bonchev–Trinajstić information content (AvgIpc) is 2.48. The van der Waals surface area contributed by atoms with Gasteiger partial charge in [-0.1, -0.05) is 24.3 Å². The number of halogens is 8. The molecule has 0 spiro atoms. The van der Waals surface area contributed by atoms with E-state index in [0.29, 0.717) is 0 Å². The molecule has 2 aliphatic heterocycles. The SMILES string of the molecule is CN1C=c2ccc3c4c(ccc(c24)=C1)=CN(C)C=3.F[B-](F)(F)F.F[B-](F)(F)F. The molecule has 0 aliphatic carbocycles. The summed E-state index contributed by atoms with van der Waals surface area (Å²) >= 11 is 0. The Morgan fingerprint density at radius 1 is 0.500 bits per heavy atom. The Kier molecular flexibility index (Phi) is 6.00. The van der Waals surface area contributed by atoms with Crippen molar-refractivity contribution in [1.82, 2.24) is 9.80 Å². The second kappa shape index (κ2) is 7.76. The van der Waals surface area contributed by atoms with Gasteiger partial charge in [0.15, 0.2) is 0 Å². The van der Waals surface area contributed by atoms with Crippen LogP contribution in [0.4, 0.5) is 34.5 Å². The van der Waals surface area contributed by atoms with Crippen LogP contribution in [0.25, 0.3) is 35.6 Å². The zero-order valence-electron chi connectivity index (χ0n) is 14.7. The summed E-state index contributed by atoms with van der Waals surface area (Å²) < 4.78 is 78.0. The van der Waals surface area contributed by atoms with Crippen molar-refractivity contribution >= 4 is 50.1 Å². The van der Waals surface area contributed by atoms with Crippen LogP contribution in [-0.2, 0) is 0 Å². The first kappa shape index (κ1) is 21.6. The number of hydrogen-bond donors (Lipinski definition) is 0. The highest BCUT2D eigenvalue weighted by molar-refractivity contribution is 6.50. The molecule has 0 aromatic heterocycles. The van der Waals surface area contributed by atoms with Gasteiger partial charge in [-0.2, -0.15) is 0 Å². The highest BCUT2D eigenvalue weighted by Crippen LogP contribution is 2.07. The monoisotopic (exact) mass is 408 g/mol. The van der Waals surface area contributed by atoms with Gasteiger partial charge >= 0.3 is 14.5 Å². The van der Waals surface area contributed by atoms with Gasteiger partial charge in [-0.3, -0.25) is 0 Å². The Balaban J connectivity index is 0.000000237. The lowest BCUT2D eigenvalue weighted by Crippen LogP contribution is -2.33. The van der Waals surface area contributed by atoms with E-state index in [2.05, 4.69) is 73.0 Å². The molecule has 0 unspecified atom stereocenters. The second-order valence-corrected chi connectivity index (χ2v) is 6.08. The molecule has 0 saturated carbocycles. The van der Waals surface area contributed by atoms with Gasteiger partial charge < -0.3 is 44.3 Å². The summed E-state index contributed by atoms with van der Waals surface area (Å²) in [6, 6.07) is 8.85. The molecule has 152 valence electrons. The molecular weight excluding hydrogens is 394 g/mol. The molecule has 0 radical (unpaired) electrons. The predicted molar refractivity (Wildman–Crippen MR) is 96.2 cm³/mol. The van der Waals surface area contributed by atoms with Gasteiger partial charge in [-0.25, -0.2) is 0 Å². The first-order chi connectivity index (χ1) is 12.7. The lowest BCUT2D eigenvalue weighted by molar-refractivity contribution is 0.366. The Morgan fingerprint density at radius 2 is 0.679 bits per heavy atom. The van der Waals surface area contributed by atoms with Crippen molar-refractivity contribution in [2.75, 3.05) is 14.1 Å². The van der Waals surface area contributed by atoms with Crippen molar-refractivity contribution in [3.8, 4) is 0 Å². The van der Waals surface area contributed by atoms with E-state index in [9.17, 15) is 34.5 Å². The maximum atomic E-state index is 9.75. The maximum absolute atomic E-state index is 9.75. The van der Waals surface area contributed by atoms with Crippen LogP contribution in [0.2, 0.25) is 0 Å². The fourth-order valence-corrected chi connectivity index (χ4v) is 2.99. The van der Waals surface area contributed by atoms with Crippen LogP contribution in [0, 0.1) is 0 Å². The van der Waals surface area contributed by atoms with Crippen molar-refractivity contribution in [3.05, 3.63) is 45.1 Å². The van der Waals surface area contributed by atoms with E-state index in [-0.39, 0.29) is 0 Å². The zero-order chi connectivity index (χ0) is 21.3. The topological polar surface area (TPSA) is 6.48 Å². The number of nitrogens with zero attached hydrogens (tertiary/aromatic N) is 2. The van der Waals surface area contributed by atoms with E-state index in [1.54, 1.807) is 0 Å². The highest BCUT2D eigenvalue weighted by atomic mass is 19.5. The van der Waals surface area contributed by atoms with E-state index in [4.69, 9.17) is 0 Å². The molecule has 2 aliphatic rings. The molecule has 12 heteroatoms. The predicted octanol–water partition coefficient (Wildman–Crippen LogP) is 2.28. The molecule has 0 amide bonds. The zero-order valence-corrected chi connectivity index (χ0v) is 14.7. The van der Waals surface area contributed by atoms with Crippen molar-refractivity contribution in [1.29, 1.82) is 0 Å². The van der Waals surface area contributed by atoms with E-state index < -0.39 is 14.5 Å². The van der Waals surface area contributed by atoms with Gasteiger partial charge in [-0.05, 0) is 20.9 Å². The third-order valence-corrected chi connectivity index (χ3v) is 3.66. The Labute approximate surface area is 154 Å². The van der Waals surface area contributed by atoms with Crippen LogP contribution in [0.15, 0.2) is 24.3 Å². The average molecular weight is 408 g/mol. The van der Waals surface area contributed by atoms with E-state index in [1.165, 1.54) is 31.6 Å². The smallest absolute Gasteiger partial charge is 0.418 e. The first-order valence-corrected chi connectivity index (χ1v) is 7.90. The standard InChI is InChI=1S/C16H14N2.2BF4/c1-17-7-11-3-5-13-9-18(2)10-14-6-4-12(8-17)15(11)16(13)14;2*2-1(3,4)5/h3-10H,1-2H3;;/q;2*-1. The molecule has 4 rings (SSSR count). The summed E-state index contributed by atoms with van der Waals surface area (Å²) in [5.74, 6) is 0. The summed E-state index contributed by atoms with van der Waals surface area (Å²) in [5, 5.41) is 7.99. The van der Waals surface area contributed by atoms with Crippen molar-refractivity contribution in [2.24, 2.45) is 0 Å². The van der Waals surface area contributed by atoms with Crippen LogP contribution >= 0.6 is 0 Å². The van der Waals surface area contributed by atoms with Crippen LogP contribution in [-0.4, -0.2) is 38.4 Å². The minimum atomic E-state index is -6.00. The van der Waals surface area contributed by atoms with Crippen LogP contribution in [0.5, 0.6) is 0 Å². The van der Waals surface area contributed by atoms with E-state index >= 15 is 0 Å². The molecule has 28 heavy (non-hydrogen) atoms. The van der Waals surface area contributed by atoms with Crippen molar-refractivity contribution in [2.45, 2.75) is 0 Å². The molecule has 0 bridgehead atoms. The van der Waals surface area contributed by atoms with Gasteiger partial charge in [0.25, 0.3) is 0 Å². The second-order valence-electron chi connectivity index (χ2n) is 6.08. The van der Waals surface area contributed by atoms with Gasteiger partial charge in [0.2, 0.25) is 0 Å². The molecule has 0 N–H and O–H groups in total. The Hall–Kier alpha value is -2.65. The molecule has 0 atom stereocenters. The van der Waals surface area contributed by atoms with Gasteiger partial charge in [0.1, 0.15) is 0 Å². The molecule has 2 nitrogen and oxygen atoms in total. The number of rotatable bonds is 0. The fourth-order valence-electron chi connectivity index (χ4n) is 2.99. The Bertz CT molecular complexity index is 938. The third-order valence-electron chi connectivity index (χ3n) is 3.66. The summed E-state index contributed by atoms with van der Waals surface area (Å²) in [4.78, 5) is 4.25. The van der Waals surface area contributed by atoms with Crippen LogP contribution in [0.3, 0.4) is 0 Å². The normalized spacial score (nSPS) is 14.4. The van der Waals surface area contributed by atoms with Crippen LogP contribution < -0.4 is 20.9 Å². The summed E-state index contributed by atoms with van der Waals surface area (Å²) in [6.07, 6.45) is 8.75. The minimum Gasteiger partial charge on any atom is -0.418 e. The first-order valence-electron chi connectivity index (χ1n) is 7.90. The quantitative estimate of drug-likeness (QED) is 0.488. The molecular formula is C16H14B2F8N2-2. The van der Waals surface area contributed by atoms with Crippen LogP contribution in [0.1, 0.15) is 0 Å². The largest absolute Gasteiger partial charge is 0.673 e. The van der Waals surface area contributed by atoms with Crippen molar-refractivity contribution < 1.29 is 34.5 Å². The van der Waals surface area contributed by atoms with Gasteiger partial charge in [0.05, 0.1) is 0 Å². The molecule has 0 saturated heterocycles. The fraction of sp³-hybridized carbons (Fsp3) is 0.125. The lowest BCUT2D eigenvalue weighted by atomic mass is 10.00. The molecule has 2 aromatic rings. The summed E-state index contributed by atoms with van der Waals surface area (Å²) in [5.41, 5.74) is 0. The third kappa shape index (κ3) is 6.21. The van der Waals surface area contributed by atoms with Crippen molar-refractivity contribution in [3.63, 3.8) is 0 Å². The summed E-state index contributed by atoms with van der Waals surface area (Å²) in [6.45, 7) is 0. The number of benzene rings is 2. The highest BCUT2D eigenvalue weighted by Gasteiger charge is 2.21. The lowest BCUT2D eigenvalue weighted by Gasteiger charge is -2.18. The van der Waals surface area contributed by atoms with E-state index in [0.717, 1.165) is 0 Å². The molecule has 2 heterocycles. The number of hydrogen-bond acceptors (Lipinski definition) is 2. The maximum Gasteiger partial charge on any atom is 0.673 e. The summed E-state index contributed by atoms with van der Waals surface area (Å²) in [7, 11) is -7.84. The molecule has 0 fully saturated rings. The minimum absolute atomic E-state index is 1.31.